The van der Waals surface area contributed by atoms with E-state index in [0.717, 1.165) is 18.9 Å². The molecule has 4 heteroatoms. The van der Waals surface area contributed by atoms with Crippen molar-refractivity contribution in [1.82, 2.24) is 15.1 Å². The van der Waals surface area contributed by atoms with E-state index in [2.05, 4.69) is 35.9 Å². The van der Waals surface area contributed by atoms with Crippen LogP contribution in [-0.4, -0.2) is 53.1 Å². The van der Waals surface area contributed by atoms with E-state index >= 15 is 0 Å². The molecule has 114 valence electrons. The van der Waals surface area contributed by atoms with Gasteiger partial charge in [0.25, 0.3) is 0 Å². The fourth-order valence-electron chi connectivity index (χ4n) is 4.41. The van der Waals surface area contributed by atoms with E-state index in [1.165, 1.54) is 32.4 Å². The average molecular weight is 279 g/mol. The number of nitrogens with zero attached hydrogens (tertiary/aromatic N) is 2. The molecule has 0 aromatic heterocycles. The van der Waals surface area contributed by atoms with Gasteiger partial charge in [0.2, 0.25) is 5.91 Å². The Kier molecular flexibility index (Phi) is 4.04. The molecule has 3 saturated heterocycles. The van der Waals surface area contributed by atoms with Crippen LogP contribution in [0.4, 0.5) is 0 Å². The van der Waals surface area contributed by atoms with Crippen LogP contribution in [0.15, 0.2) is 0 Å². The minimum Gasteiger partial charge on any atom is -0.323 e. The standard InChI is InChI=1S/C16H29N3O/c1-11(2)9-15-16(20)19(12(3)17-15)14-6-8-18-7-4-5-13(18)10-14/h11-15,17H,4-10H2,1-3H3. The number of nitrogens with one attached hydrogen (secondary N) is 1. The number of hydrogen-bond acceptors (Lipinski definition) is 3. The Morgan fingerprint density at radius 3 is 2.80 bits per heavy atom. The zero-order valence-electron chi connectivity index (χ0n) is 13.1. The highest BCUT2D eigenvalue weighted by Gasteiger charge is 2.43. The van der Waals surface area contributed by atoms with Gasteiger partial charge in [-0.25, -0.2) is 0 Å². The van der Waals surface area contributed by atoms with Gasteiger partial charge in [-0.2, -0.15) is 0 Å². The second kappa shape index (κ2) is 5.64. The first kappa shape index (κ1) is 14.3. The second-order valence-electron chi connectivity index (χ2n) is 7.28. The van der Waals surface area contributed by atoms with E-state index in [1.54, 1.807) is 0 Å². The van der Waals surface area contributed by atoms with Gasteiger partial charge in [-0.1, -0.05) is 13.8 Å². The van der Waals surface area contributed by atoms with Gasteiger partial charge in [-0.3, -0.25) is 10.1 Å². The lowest BCUT2D eigenvalue weighted by molar-refractivity contribution is -0.133. The topological polar surface area (TPSA) is 35.6 Å². The van der Waals surface area contributed by atoms with Gasteiger partial charge in [-0.15, -0.1) is 0 Å². The molecule has 0 spiro atoms. The molecule has 3 aliphatic heterocycles. The lowest BCUT2D eigenvalue weighted by Gasteiger charge is -2.40. The Labute approximate surface area is 122 Å². The summed E-state index contributed by atoms with van der Waals surface area (Å²) in [7, 11) is 0. The summed E-state index contributed by atoms with van der Waals surface area (Å²) in [5.74, 6) is 0.919. The van der Waals surface area contributed by atoms with Crippen LogP contribution in [0.2, 0.25) is 0 Å². The SMILES string of the molecule is CC(C)CC1NC(C)N(C2CCN3CCCC3C2)C1=O. The van der Waals surface area contributed by atoms with Gasteiger partial charge in [0.05, 0.1) is 12.2 Å². The van der Waals surface area contributed by atoms with Crippen molar-refractivity contribution in [2.24, 2.45) is 5.92 Å². The summed E-state index contributed by atoms with van der Waals surface area (Å²) in [6.07, 6.45) is 6.19. The molecule has 0 saturated carbocycles. The Hall–Kier alpha value is -0.610. The molecule has 20 heavy (non-hydrogen) atoms. The largest absolute Gasteiger partial charge is 0.323 e. The molecule has 4 nitrogen and oxygen atoms in total. The second-order valence-corrected chi connectivity index (χ2v) is 7.28. The quantitative estimate of drug-likeness (QED) is 0.856. The molecular weight excluding hydrogens is 250 g/mol. The van der Waals surface area contributed by atoms with Crippen molar-refractivity contribution in [2.45, 2.75) is 77.2 Å². The summed E-state index contributed by atoms with van der Waals surface area (Å²) >= 11 is 0. The first-order chi connectivity index (χ1) is 9.56. The Balaban J connectivity index is 1.65. The van der Waals surface area contributed by atoms with Crippen molar-refractivity contribution in [1.29, 1.82) is 0 Å². The van der Waals surface area contributed by atoms with E-state index in [9.17, 15) is 4.79 Å². The number of carbonyl (C=O) groups excluding carboxylic acids is 1. The van der Waals surface area contributed by atoms with Crippen LogP contribution in [0.5, 0.6) is 0 Å². The molecule has 4 atom stereocenters. The van der Waals surface area contributed by atoms with Crippen LogP contribution < -0.4 is 5.32 Å². The van der Waals surface area contributed by atoms with Crippen LogP contribution >= 0.6 is 0 Å². The highest BCUT2D eigenvalue weighted by molar-refractivity contribution is 5.84. The highest BCUT2D eigenvalue weighted by atomic mass is 16.2. The normalized spacial score (nSPS) is 38.8. The zero-order chi connectivity index (χ0) is 14.3. The summed E-state index contributed by atoms with van der Waals surface area (Å²) in [6.45, 7) is 8.99. The first-order valence-corrected chi connectivity index (χ1v) is 8.38. The minimum absolute atomic E-state index is 0.0478. The number of piperidine rings is 1. The van der Waals surface area contributed by atoms with E-state index in [-0.39, 0.29) is 12.2 Å². The molecular formula is C16H29N3O. The van der Waals surface area contributed by atoms with Crippen LogP contribution in [0.3, 0.4) is 0 Å². The summed E-state index contributed by atoms with van der Waals surface area (Å²) in [6, 6.07) is 1.24. The molecule has 3 rings (SSSR count). The van der Waals surface area contributed by atoms with Gasteiger partial charge in [0.15, 0.2) is 0 Å². The fourth-order valence-corrected chi connectivity index (χ4v) is 4.41. The van der Waals surface area contributed by atoms with Crippen LogP contribution in [0, 0.1) is 5.92 Å². The van der Waals surface area contributed by atoms with Crippen LogP contribution in [0.1, 0.15) is 52.9 Å². The van der Waals surface area contributed by atoms with Crippen molar-refractivity contribution in [3.05, 3.63) is 0 Å². The number of rotatable bonds is 3. The van der Waals surface area contributed by atoms with E-state index < -0.39 is 0 Å². The zero-order valence-corrected chi connectivity index (χ0v) is 13.1. The molecule has 0 aliphatic carbocycles. The lowest BCUT2D eigenvalue weighted by Crippen LogP contribution is -2.51. The maximum absolute atomic E-state index is 12.7. The predicted molar refractivity (Wildman–Crippen MR) is 80.3 cm³/mol. The summed E-state index contributed by atoms with van der Waals surface area (Å²) in [5.41, 5.74) is 0. The van der Waals surface area contributed by atoms with Gasteiger partial charge in [0.1, 0.15) is 0 Å². The Morgan fingerprint density at radius 1 is 1.25 bits per heavy atom. The molecule has 3 heterocycles. The summed E-state index contributed by atoms with van der Waals surface area (Å²) in [4.78, 5) is 17.5. The molecule has 0 aromatic rings. The third kappa shape index (κ3) is 2.60. The molecule has 0 aromatic carbocycles. The third-order valence-electron chi connectivity index (χ3n) is 5.31. The van der Waals surface area contributed by atoms with Gasteiger partial charge in [-0.05, 0) is 51.5 Å². The molecule has 0 bridgehead atoms. The Bertz CT molecular complexity index is 371. The number of amides is 1. The number of hydrogen-bond donors (Lipinski definition) is 1. The molecule has 4 unspecified atom stereocenters. The summed E-state index contributed by atoms with van der Waals surface area (Å²) < 4.78 is 0. The number of fused-ring (bicyclic) bond motifs is 1. The van der Waals surface area contributed by atoms with Crippen molar-refractivity contribution in [3.63, 3.8) is 0 Å². The molecule has 1 N–H and O–H groups in total. The molecule has 0 radical (unpaired) electrons. The lowest BCUT2D eigenvalue weighted by atomic mass is 9.95. The van der Waals surface area contributed by atoms with Crippen LogP contribution in [0.25, 0.3) is 0 Å². The molecule has 3 aliphatic rings. The fraction of sp³-hybridized carbons (Fsp3) is 0.938. The van der Waals surface area contributed by atoms with E-state index in [0.29, 0.717) is 17.9 Å². The smallest absolute Gasteiger partial charge is 0.241 e. The maximum Gasteiger partial charge on any atom is 0.241 e. The average Bonchev–Trinajstić information content (AvgIpc) is 2.94. The van der Waals surface area contributed by atoms with Crippen molar-refractivity contribution in [3.8, 4) is 0 Å². The first-order valence-electron chi connectivity index (χ1n) is 8.38. The van der Waals surface area contributed by atoms with E-state index in [4.69, 9.17) is 0 Å². The monoisotopic (exact) mass is 279 g/mol. The van der Waals surface area contributed by atoms with Gasteiger partial charge >= 0.3 is 0 Å². The van der Waals surface area contributed by atoms with Crippen molar-refractivity contribution >= 4 is 5.91 Å². The summed E-state index contributed by atoms with van der Waals surface area (Å²) in [5, 5.41) is 3.50. The predicted octanol–water partition coefficient (Wildman–Crippen LogP) is 1.81. The Morgan fingerprint density at radius 2 is 2.05 bits per heavy atom. The van der Waals surface area contributed by atoms with Crippen molar-refractivity contribution in [2.75, 3.05) is 13.1 Å². The maximum atomic E-state index is 12.7. The van der Waals surface area contributed by atoms with E-state index in [1.807, 2.05) is 0 Å². The molecule has 1 amide bonds. The number of carbonyl (C=O) groups is 1. The van der Waals surface area contributed by atoms with Gasteiger partial charge < -0.3 is 9.80 Å². The van der Waals surface area contributed by atoms with Crippen molar-refractivity contribution < 1.29 is 4.79 Å². The molecule has 3 fully saturated rings. The van der Waals surface area contributed by atoms with Gasteiger partial charge in [0, 0.05) is 18.6 Å². The minimum atomic E-state index is 0.0478. The third-order valence-corrected chi connectivity index (χ3v) is 5.31. The highest BCUT2D eigenvalue weighted by Crippen LogP contribution is 2.32. The van der Waals surface area contributed by atoms with Crippen LogP contribution in [-0.2, 0) is 4.79 Å².